The number of rotatable bonds is 2. The number of thiazole rings is 1. The molecular weight excluding hydrogens is 283 g/mol. The van der Waals surface area contributed by atoms with E-state index in [-0.39, 0.29) is 16.4 Å². The molecule has 0 amide bonds. The van der Waals surface area contributed by atoms with Crippen LogP contribution in [0.1, 0.15) is 5.56 Å². The summed E-state index contributed by atoms with van der Waals surface area (Å²) in [4.78, 5) is 13.6. The van der Waals surface area contributed by atoms with Crippen molar-refractivity contribution >= 4 is 22.2 Å². The molecule has 0 unspecified atom stereocenters. The quantitative estimate of drug-likeness (QED) is 0.679. The van der Waals surface area contributed by atoms with E-state index in [1.165, 1.54) is 5.38 Å². The van der Waals surface area contributed by atoms with E-state index in [0.29, 0.717) is 6.07 Å². The number of anilines is 1. The minimum Gasteiger partial charge on any atom is -0.375 e. The number of hydrogen-bond acceptors (Lipinski definition) is 5. The highest BCUT2D eigenvalue weighted by Gasteiger charge is 2.33. The molecular formula is C10H6F3N3O2S. The number of nitro benzene ring substituents is 1. The van der Waals surface area contributed by atoms with Crippen molar-refractivity contribution in [2.24, 2.45) is 0 Å². The van der Waals surface area contributed by atoms with E-state index in [0.717, 1.165) is 23.5 Å². The van der Waals surface area contributed by atoms with E-state index >= 15 is 0 Å². The average molecular weight is 289 g/mol. The largest absolute Gasteiger partial charge is 0.416 e. The number of alkyl halides is 3. The van der Waals surface area contributed by atoms with Gasteiger partial charge in [0.15, 0.2) is 5.13 Å². The molecule has 0 spiro atoms. The molecule has 1 heterocycles. The molecule has 5 nitrogen and oxygen atoms in total. The number of aromatic nitrogens is 1. The highest BCUT2D eigenvalue weighted by Crippen LogP contribution is 2.35. The normalized spacial score (nSPS) is 11.5. The maximum Gasteiger partial charge on any atom is 0.416 e. The van der Waals surface area contributed by atoms with Gasteiger partial charge in [-0.2, -0.15) is 13.2 Å². The maximum absolute atomic E-state index is 12.7. The summed E-state index contributed by atoms with van der Waals surface area (Å²) in [5.41, 5.74) is 3.84. The third-order valence-corrected chi connectivity index (χ3v) is 2.95. The number of hydrogen-bond donors (Lipinski definition) is 1. The zero-order valence-corrected chi connectivity index (χ0v) is 9.96. The lowest BCUT2D eigenvalue weighted by Crippen LogP contribution is -2.06. The molecule has 19 heavy (non-hydrogen) atoms. The second-order valence-corrected chi connectivity index (χ2v) is 4.48. The van der Waals surface area contributed by atoms with Crippen LogP contribution in [0, 0.1) is 10.1 Å². The molecule has 0 aliphatic rings. The molecule has 1 aromatic heterocycles. The Morgan fingerprint density at radius 2 is 2.00 bits per heavy atom. The van der Waals surface area contributed by atoms with Crippen LogP contribution in [0.15, 0.2) is 23.6 Å². The van der Waals surface area contributed by atoms with Crippen LogP contribution >= 0.6 is 11.3 Å². The van der Waals surface area contributed by atoms with Crippen molar-refractivity contribution < 1.29 is 18.1 Å². The van der Waals surface area contributed by atoms with Gasteiger partial charge in [-0.15, -0.1) is 11.3 Å². The fourth-order valence-corrected chi connectivity index (χ4v) is 2.02. The van der Waals surface area contributed by atoms with Gasteiger partial charge in [-0.1, -0.05) is 0 Å². The van der Waals surface area contributed by atoms with Crippen molar-refractivity contribution in [3.8, 4) is 11.3 Å². The van der Waals surface area contributed by atoms with Crippen LogP contribution in [0.4, 0.5) is 24.0 Å². The molecule has 0 saturated heterocycles. The van der Waals surface area contributed by atoms with Crippen LogP contribution in [0.2, 0.25) is 0 Å². The zero-order valence-electron chi connectivity index (χ0n) is 9.14. The lowest BCUT2D eigenvalue weighted by Gasteiger charge is -2.08. The predicted molar refractivity (Wildman–Crippen MR) is 63.6 cm³/mol. The van der Waals surface area contributed by atoms with Crippen LogP contribution < -0.4 is 5.73 Å². The highest BCUT2D eigenvalue weighted by molar-refractivity contribution is 7.13. The van der Waals surface area contributed by atoms with Gasteiger partial charge in [-0.3, -0.25) is 10.1 Å². The summed E-state index contributed by atoms with van der Waals surface area (Å²) in [6.45, 7) is 0. The summed E-state index contributed by atoms with van der Waals surface area (Å²) in [5, 5.41) is 12.3. The van der Waals surface area contributed by atoms with Crippen molar-refractivity contribution in [2.75, 3.05) is 5.73 Å². The molecule has 0 atom stereocenters. The number of nitrogen functional groups attached to an aromatic ring is 1. The molecule has 0 saturated carbocycles. The van der Waals surface area contributed by atoms with Gasteiger partial charge in [0.25, 0.3) is 5.69 Å². The smallest absolute Gasteiger partial charge is 0.375 e. The van der Waals surface area contributed by atoms with Crippen LogP contribution in [0.25, 0.3) is 11.3 Å². The summed E-state index contributed by atoms with van der Waals surface area (Å²) < 4.78 is 38.0. The van der Waals surface area contributed by atoms with Crippen LogP contribution in [-0.4, -0.2) is 9.91 Å². The number of halogens is 3. The van der Waals surface area contributed by atoms with E-state index in [9.17, 15) is 23.3 Å². The maximum atomic E-state index is 12.7. The average Bonchev–Trinajstić information content (AvgIpc) is 2.74. The third kappa shape index (κ3) is 2.81. The Morgan fingerprint density at radius 1 is 1.32 bits per heavy atom. The Labute approximate surface area is 108 Å². The van der Waals surface area contributed by atoms with Gasteiger partial charge in [-0.05, 0) is 6.07 Å². The third-order valence-electron chi connectivity index (χ3n) is 2.27. The first-order valence-corrected chi connectivity index (χ1v) is 5.73. The molecule has 9 heteroatoms. The lowest BCUT2D eigenvalue weighted by molar-refractivity contribution is -0.385. The first kappa shape index (κ1) is 13.3. The zero-order chi connectivity index (χ0) is 14.2. The Balaban J connectivity index is 2.61. The lowest BCUT2D eigenvalue weighted by atomic mass is 10.1. The van der Waals surface area contributed by atoms with E-state index < -0.39 is 22.4 Å². The molecule has 0 radical (unpaired) electrons. The fraction of sp³-hybridized carbons (Fsp3) is 0.100. The van der Waals surface area contributed by atoms with Crippen molar-refractivity contribution in [3.63, 3.8) is 0 Å². The van der Waals surface area contributed by atoms with E-state index in [2.05, 4.69) is 4.98 Å². The first-order valence-electron chi connectivity index (χ1n) is 4.85. The Hall–Kier alpha value is -2.16. The number of nitrogens with zero attached hydrogens (tertiary/aromatic N) is 2. The Kier molecular flexibility index (Phi) is 3.14. The molecule has 0 aliphatic heterocycles. The fourth-order valence-electron chi connectivity index (χ4n) is 1.45. The van der Waals surface area contributed by atoms with Gasteiger partial charge in [0.1, 0.15) is 0 Å². The topological polar surface area (TPSA) is 82.0 Å². The predicted octanol–water partition coefficient (Wildman–Crippen LogP) is 3.32. The summed E-state index contributed by atoms with van der Waals surface area (Å²) in [5.74, 6) is 0. The SMILES string of the molecule is Nc1nc(-c2cc([N+](=O)[O-])cc(C(F)(F)F)c2)cs1. The van der Waals surface area contributed by atoms with Gasteiger partial charge >= 0.3 is 6.18 Å². The van der Waals surface area contributed by atoms with Crippen molar-refractivity contribution in [1.82, 2.24) is 4.98 Å². The highest BCUT2D eigenvalue weighted by atomic mass is 32.1. The molecule has 2 N–H and O–H groups in total. The molecule has 2 aromatic rings. The second-order valence-electron chi connectivity index (χ2n) is 3.59. The number of nitrogens with two attached hydrogens (primary N) is 1. The van der Waals surface area contributed by atoms with Crippen molar-refractivity contribution in [3.05, 3.63) is 39.3 Å². The van der Waals surface area contributed by atoms with E-state index in [4.69, 9.17) is 5.73 Å². The Morgan fingerprint density at radius 3 is 2.47 bits per heavy atom. The molecule has 0 bridgehead atoms. The first-order chi connectivity index (χ1) is 8.77. The molecule has 0 aliphatic carbocycles. The standard InChI is InChI=1S/C10H6F3N3O2S/c11-10(12,13)6-1-5(2-7(3-6)16(17)18)8-4-19-9(14)15-8/h1-4H,(H2,14,15). The number of non-ortho nitro benzene ring substituents is 1. The van der Waals surface area contributed by atoms with Crippen molar-refractivity contribution in [2.45, 2.75) is 6.18 Å². The minimum absolute atomic E-state index is 0.00877. The van der Waals surface area contributed by atoms with Gasteiger partial charge in [0, 0.05) is 23.1 Å². The van der Waals surface area contributed by atoms with Crippen molar-refractivity contribution in [1.29, 1.82) is 0 Å². The minimum atomic E-state index is -4.66. The molecule has 2 rings (SSSR count). The van der Waals surface area contributed by atoms with Gasteiger partial charge in [0.05, 0.1) is 16.2 Å². The summed E-state index contributed by atoms with van der Waals surface area (Å²) in [7, 11) is 0. The van der Waals surface area contributed by atoms with Gasteiger partial charge in [0.2, 0.25) is 0 Å². The Bertz CT molecular complexity index is 639. The monoisotopic (exact) mass is 289 g/mol. The van der Waals surface area contributed by atoms with Crippen LogP contribution in [0.3, 0.4) is 0 Å². The molecule has 1 aromatic carbocycles. The number of nitro groups is 1. The van der Waals surface area contributed by atoms with Crippen LogP contribution in [-0.2, 0) is 6.18 Å². The molecule has 100 valence electrons. The second kappa shape index (κ2) is 4.50. The van der Waals surface area contributed by atoms with Gasteiger partial charge in [-0.25, -0.2) is 4.98 Å². The van der Waals surface area contributed by atoms with E-state index in [1.807, 2.05) is 0 Å². The number of benzene rings is 1. The summed E-state index contributed by atoms with van der Waals surface area (Å²) >= 11 is 1.04. The molecule has 0 fully saturated rings. The summed E-state index contributed by atoms with van der Waals surface area (Å²) in [6.07, 6.45) is -4.66. The summed E-state index contributed by atoms with van der Waals surface area (Å²) in [6, 6.07) is 2.32. The van der Waals surface area contributed by atoms with Gasteiger partial charge < -0.3 is 5.73 Å². The van der Waals surface area contributed by atoms with E-state index in [1.54, 1.807) is 0 Å². The van der Waals surface area contributed by atoms with Crippen LogP contribution in [0.5, 0.6) is 0 Å².